The summed E-state index contributed by atoms with van der Waals surface area (Å²) in [6.07, 6.45) is 6.61. The molecule has 0 aliphatic carbocycles. The Balaban J connectivity index is 2.22. The van der Waals surface area contributed by atoms with Gasteiger partial charge in [-0.15, -0.1) is 0 Å². The van der Waals surface area contributed by atoms with E-state index in [9.17, 15) is 0 Å². The predicted octanol–water partition coefficient (Wildman–Crippen LogP) is 4.09. The summed E-state index contributed by atoms with van der Waals surface area (Å²) in [5.41, 5.74) is 8.70. The topological polar surface area (TPSA) is 43.8 Å². The number of hydrogen-bond donors (Lipinski definition) is 1. The van der Waals surface area contributed by atoms with Crippen molar-refractivity contribution in [3.63, 3.8) is 0 Å². The lowest BCUT2D eigenvalue weighted by atomic mass is 9.90. The number of hydrogen-bond acceptors (Lipinski definition) is 2. The summed E-state index contributed by atoms with van der Waals surface area (Å²) in [7, 11) is 0. The first kappa shape index (κ1) is 14.8. The van der Waals surface area contributed by atoms with Gasteiger partial charge in [0.1, 0.15) is 0 Å². The van der Waals surface area contributed by atoms with Crippen LogP contribution in [0, 0.1) is 5.92 Å². The number of aromatic nitrogens is 2. The Morgan fingerprint density at radius 2 is 1.90 bits per heavy atom. The maximum Gasteiger partial charge on any atom is 0.0649 e. The summed E-state index contributed by atoms with van der Waals surface area (Å²) in [4.78, 5) is 0. The van der Waals surface area contributed by atoms with Crippen molar-refractivity contribution in [3.8, 4) is 5.69 Å². The van der Waals surface area contributed by atoms with Crippen molar-refractivity contribution in [1.29, 1.82) is 0 Å². The van der Waals surface area contributed by atoms with Crippen LogP contribution in [-0.2, 0) is 0 Å². The van der Waals surface area contributed by atoms with E-state index in [1.807, 2.05) is 35.1 Å². The monoisotopic (exact) mass is 271 g/mol. The maximum atomic E-state index is 6.51. The number of unbranched alkanes of at least 4 members (excludes halogenated alkanes) is 1. The van der Waals surface area contributed by atoms with Crippen molar-refractivity contribution in [2.75, 3.05) is 0 Å². The molecule has 2 atom stereocenters. The first-order valence-electron chi connectivity index (χ1n) is 7.62. The van der Waals surface area contributed by atoms with Crippen molar-refractivity contribution in [1.82, 2.24) is 9.78 Å². The van der Waals surface area contributed by atoms with Gasteiger partial charge in [0, 0.05) is 12.2 Å². The van der Waals surface area contributed by atoms with Gasteiger partial charge in [-0.25, -0.2) is 4.68 Å². The molecule has 20 heavy (non-hydrogen) atoms. The Morgan fingerprint density at radius 3 is 2.55 bits per heavy atom. The van der Waals surface area contributed by atoms with Crippen LogP contribution < -0.4 is 5.73 Å². The molecule has 0 saturated carbocycles. The lowest BCUT2D eigenvalue weighted by Gasteiger charge is -2.23. The summed E-state index contributed by atoms with van der Waals surface area (Å²) in [6, 6.07) is 12.3. The number of para-hydroxylation sites is 1. The van der Waals surface area contributed by atoms with Crippen molar-refractivity contribution in [3.05, 3.63) is 48.3 Å². The second-order valence-electron chi connectivity index (χ2n) is 5.34. The van der Waals surface area contributed by atoms with E-state index in [4.69, 9.17) is 5.73 Å². The lowest BCUT2D eigenvalue weighted by molar-refractivity contribution is 0.368. The van der Waals surface area contributed by atoms with Crippen molar-refractivity contribution >= 4 is 0 Å². The minimum Gasteiger partial charge on any atom is -0.322 e. The highest BCUT2D eigenvalue weighted by atomic mass is 15.3. The molecule has 0 fully saturated rings. The van der Waals surface area contributed by atoms with Crippen molar-refractivity contribution in [2.45, 2.75) is 45.6 Å². The van der Waals surface area contributed by atoms with Crippen LogP contribution in [0.3, 0.4) is 0 Å². The van der Waals surface area contributed by atoms with Crippen molar-refractivity contribution in [2.24, 2.45) is 11.7 Å². The van der Waals surface area contributed by atoms with Crippen molar-refractivity contribution < 1.29 is 0 Å². The van der Waals surface area contributed by atoms with Crippen LogP contribution in [0.25, 0.3) is 5.69 Å². The summed E-state index contributed by atoms with van der Waals surface area (Å²) in [5, 5.41) is 4.44. The van der Waals surface area contributed by atoms with Gasteiger partial charge < -0.3 is 5.73 Å². The Morgan fingerprint density at radius 1 is 1.15 bits per heavy atom. The highest BCUT2D eigenvalue weighted by Crippen LogP contribution is 2.28. The van der Waals surface area contributed by atoms with E-state index >= 15 is 0 Å². The Kier molecular flexibility index (Phi) is 5.36. The standard InChI is InChI=1S/C17H25N3/c1-3-5-9-14(4-2)17(18)16-12-13-19-20(16)15-10-7-6-8-11-15/h6-8,10-14,17H,3-5,9,18H2,1-2H3. The third-order valence-electron chi connectivity index (χ3n) is 3.98. The fourth-order valence-corrected chi connectivity index (χ4v) is 2.70. The summed E-state index contributed by atoms with van der Waals surface area (Å²) >= 11 is 0. The summed E-state index contributed by atoms with van der Waals surface area (Å²) < 4.78 is 1.97. The van der Waals surface area contributed by atoms with E-state index in [0.29, 0.717) is 5.92 Å². The van der Waals surface area contributed by atoms with E-state index in [1.54, 1.807) is 0 Å². The second kappa shape index (κ2) is 7.25. The van der Waals surface area contributed by atoms with E-state index < -0.39 is 0 Å². The Bertz CT molecular complexity index is 504. The second-order valence-corrected chi connectivity index (χ2v) is 5.34. The zero-order valence-electron chi connectivity index (χ0n) is 12.5. The van der Waals surface area contributed by atoms with E-state index in [2.05, 4.69) is 31.1 Å². The molecular formula is C17H25N3. The molecule has 2 N–H and O–H groups in total. The van der Waals surface area contributed by atoms with E-state index in [1.165, 1.54) is 19.3 Å². The molecule has 0 aliphatic heterocycles. The average Bonchev–Trinajstić information content (AvgIpc) is 2.98. The van der Waals surface area contributed by atoms with Gasteiger partial charge in [0.2, 0.25) is 0 Å². The van der Waals surface area contributed by atoms with Crippen LogP contribution in [0.15, 0.2) is 42.6 Å². The highest BCUT2D eigenvalue weighted by Gasteiger charge is 2.21. The number of nitrogens with two attached hydrogens (primary N) is 1. The van der Waals surface area contributed by atoms with Gasteiger partial charge in [0.05, 0.1) is 11.4 Å². The number of nitrogens with zero attached hydrogens (tertiary/aromatic N) is 2. The fourth-order valence-electron chi connectivity index (χ4n) is 2.70. The molecular weight excluding hydrogens is 246 g/mol. The molecule has 0 bridgehead atoms. The van der Waals surface area contributed by atoms with E-state index in [0.717, 1.165) is 17.8 Å². The van der Waals surface area contributed by atoms with Gasteiger partial charge in [0.25, 0.3) is 0 Å². The minimum absolute atomic E-state index is 0.0502. The number of benzene rings is 1. The quantitative estimate of drug-likeness (QED) is 0.824. The number of rotatable bonds is 7. The molecule has 0 saturated heterocycles. The van der Waals surface area contributed by atoms with Gasteiger partial charge in [-0.1, -0.05) is 51.3 Å². The molecule has 2 aromatic rings. The van der Waals surface area contributed by atoms with Crippen LogP contribution in [-0.4, -0.2) is 9.78 Å². The average molecular weight is 271 g/mol. The molecule has 1 heterocycles. The zero-order valence-corrected chi connectivity index (χ0v) is 12.5. The van der Waals surface area contributed by atoms with Crippen LogP contribution in [0.5, 0.6) is 0 Å². The molecule has 0 aliphatic rings. The van der Waals surface area contributed by atoms with Crippen LogP contribution in [0.4, 0.5) is 0 Å². The Labute approximate surface area is 121 Å². The molecule has 0 radical (unpaired) electrons. The highest BCUT2D eigenvalue weighted by molar-refractivity contribution is 5.33. The van der Waals surface area contributed by atoms with Gasteiger partial charge in [-0.05, 0) is 30.5 Å². The summed E-state index contributed by atoms with van der Waals surface area (Å²) in [5.74, 6) is 0.522. The van der Waals surface area contributed by atoms with Gasteiger partial charge in [-0.3, -0.25) is 0 Å². The summed E-state index contributed by atoms with van der Waals surface area (Å²) in [6.45, 7) is 4.45. The molecule has 2 unspecified atom stereocenters. The van der Waals surface area contributed by atoms with Crippen LogP contribution in [0.1, 0.15) is 51.3 Å². The molecule has 3 nitrogen and oxygen atoms in total. The Hall–Kier alpha value is -1.61. The minimum atomic E-state index is 0.0502. The molecule has 108 valence electrons. The smallest absolute Gasteiger partial charge is 0.0649 e. The van der Waals surface area contributed by atoms with Crippen LogP contribution in [0.2, 0.25) is 0 Å². The molecule has 1 aromatic heterocycles. The fraction of sp³-hybridized carbons (Fsp3) is 0.471. The molecule has 0 spiro atoms. The van der Waals surface area contributed by atoms with Gasteiger partial charge >= 0.3 is 0 Å². The molecule has 1 aromatic carbocycles. The van der Waals surface area contributed by atoms with Gasteiger partial charge in [0.15, 0.2) is 0 Å². The third kappa shape index (κ3) is 3.28. The zero-order chi connectivity index (χ0) is 14.4. The van der Waals surface area contributed by atoms with E-state index in [-0.39, 0.29) is 6.04 Å². The largest absolute Gasteiger partial charge is 0.322 e. The van der Waals surface area contributed by atoms with Gasteiger partial charge in [-0.2, -0.15) is 5.10 Å². The molecule has 3 heteroatoms. The third-order valence-corrected chi connectivity index (χ3v) is 3.98. The maximum absolute atomic E-state index is 6.51. The normalized spacial score (nSPS) is 14.2. The van der Waals surface area contributed by atoms with Crippen LogP contribution >= 0.6 is 0 Å². The molecule has 0 amide bonds. The lowest BCUT2D eigenvalue weighted by Crippen LogP contribution is -2.24. The first-order chi connectivity index (χ1) is 9.77. The SMILES string of the molecule is CCCCC(CC)C(N)c1ccnn1-c1ccccc1. The molecule has 2 rings (SSSR count). The first-order valence-corrected chi connectivity index (χ1v) is 7.62. The predicted molar refractivity (Wildman–Crippen MR) is 83.8 cm³/mol.